The summed E-state index contributed by atoms with van der Waals surface area (Å²) in [5.74, 6) is -0.0716. The summed E-state index contributed by atoms with van der Waals surface area (Å²) in [7, 11) is 0. The molecular weight excluding hydrogens is 194 g/mol. The largest absolute Gasteiger partial charge is 0.352 e. The highest BCUT2D eigenvalue weighted by molar-refractivity contribution is 5.76. The third-order valence-corrected chi connectivity index (χ3v) is 2.12. The van der Waals surface area contributed by atoms with Gasteiger partial charge in [0.2, 0.25) is 5.91 Å². The van der Waals surface area contributed by atoms with E-state index >= 15 is 0 Å². The molecule has 1 amide bonds. The molecule has 15 heavy (non-hydrogen) atoms. The summed E-state index contributed by atoms with van der Waals surface area (Å²) in [6.45, 7) is 1.94. The number of hydrogen-bond acceptors (Lipinski definition) is 2. The fourth-order valence-corrected chi connectivity index (χ4v) is 1.42. The van der Waals surface area contributed by atoms with Crippen LogP contribution in [0.4, 0.5) is 0 Å². The minimum Gasteiger partial charge on any atom is -0.352 e. The molecule has 1 heterocycles. The van der Waals surface area contributed by atoms with Gasteiger partial charge in [-0.15, -0.1) is 0 Å². The number of aromatic nitrogens is 2. The van der Waals surface area contributed by atoms with Crippen LogP contribution in [0.3, 0.4) is 0 Å². The molecule has 5 heteroatoms. The van der Waals surface area contributed by atoms with Crippen molar-refractivity contribution in [1.29, 1.82) is 0 Å². The van der Waals surface area contributed by atoms with Gasteiger partial charge >= 0.3 is 5.69 Å². The standard InChI is InChI=1S/C10H11N3O2/c1-6(14)11-5-7-2-3-8-9(4-7)13-10(15)12-8/h2-4H,5H2,1H3,(H,11,14)(H2,12,13,15). The number of benzene rings is 1. The summed E-state index contributed by atoms with van der Waals surface area (Å²) in [6.07, 6.45) is 0. The Hall–Kier alpha value is -2.04. The second-order valence-electron chi connectivity index (χ2n) is 3.37. The maximum absolute atomic E-state index is 11.0. The zero-order valence-electron chi connectivity index (χ0n) is 8.26. The van der Waals surface area contributed by atoms with Gasteiger partial charge in [-0.2, -0.15) is 0 Å². The van der Waals surface area contributed by atoms with Crippen molar-refractivity contribution < 1.29 is 4.79 Å². The Morgan fingerprint density at radius 3 is 2.80 bits per heavy atom. The van der Waals surface area contributed by atoms with Gasteiger partial charge in [-0.1, -0.05) is 6.07 Å². The van der Waals surface area contributed by atoms with Gasteiger partial charge in [0.25, 0.3) is 0 Å². The van der Waals surface area contributed by atoms with E-state index in [-0.39, 0.29) is 11.6 Å². The van der Waals surface area contributed by atoms with Gasteiger partial charge in [-0.25, -0.2) is 4.79 Å². The highest BCUT2D eigenvalue weighted by Crippen LogP contribution is 2.09. The van der Waals surface area contributed by atoms with E-state index in [0.29, 0.717) is 6.54 Å². The summed E-state index contributed by atoms with van der Waals surface area (Å²) in [4.78, 5) is 27.0. The fraction of sp³-hybridized carbons (Fsp3) is 0.200. The van der Waals surface area contributed by atoms with E-state index in [1.165, 1.54) is 6.92 Å². The van der Waals surface area contributed by atoms with Crippen LogP contribution in [-0.2, 0) is 11.3 Å². The third kappa shape index (κ3) is 2.07. The van der Waals surface area contributed by atoms with E-state index in [4.69, 9.17) is 0 Å². The molecule has 0 aliphatic heterocycles. The Morgan fingerprint density at radius 1 is 1.33 bits per heavy atom. The number of hydrogen-bond donors (Lipinski definition) is 3. The lowest BCUT2D eigenvalue weighted by molar-refractivity contribution is -0.119. The van der Waals surface area contributed by atoms with Crippen LogP contribution in [0, 0.1) is 0 Å². The summed E-state index contributed by atoms with van der Waals surface area (Å²) < 4.78 is 0. The molecule has 0 unspecified atom stereocenters. The summed E-state index contributed by atoms with van der Waals surface area (Å²) >= 11 is 0. The third-order valence-electron chi connectivity index (χ3n) is 2.12. The van der Waals surface area contributed by atoms with Gasteiger partial charge in [0, 0.05) is 13.5 Å². The van der Waals surface area contributed by atoms with Gasteiger partial charge in [-0.3, -0.25) is 4.79 Å². The number of carbonyl (C=O) groups is 1. The molecule has 0 spiro atoms. The van der Waals surface area contributed by atoms with E-state index in [0.717, 1.165) is 16.6 Å². The molecule has 0 saturated carbocycles. The van der Waals surface area contributed by atoms with Crippen LogP contribution in [-0.4, -0.2) is 15.9 Å². The molecule has 0 radical (unpaired) electrons. The van der Waals surface area contributed by atoms with Gasteiger partial charge in [0.1, 0.15) is 0 Å². The normalized spacial score (nSPS) is 10.5. The van der Waals surface area contributed by atoms with Crippen molar-refractivity contribution in [1.82, 2.24) is 15.3 Å². The van der Waals surface area contributed by atoms with Crippen molar-refractivity contribution >= 4 is 16.9 Å². The fourth-order valence-electron chi connectivity index (χ4n) is 1.42. The Labute approximate surface area is 85.5 Å². The van der Waals surface area contributed by atoms with Crippen LogP contribution in [0.1, 0.15) is 12.5 Å². The first kappa shape index (κ1) is 9.51. The first-order chi connectivity index (χ1) is 7.15. The maximum atomic E-state index is 11.0. The van der Waals surface area contributed by atoms with Gasteiger partial charge < -0.3 is 15.3 Å². The lowest BCUT2D eigenvalue weighted by Crippen LogP contribution is -2.18. The van der Waals surface area contributed by atoms with Crippen molar-refractivity contribution in [3.8, 4) is 0 Å². The summed E-state index contributed by atoms with van der Waals surface area (Å²) in [5.41, 5.74) is 2.25. The molecular formula is C10H11N3O2. The lowest BCUT2D eigenvalue weighted by Gasteiger charge is -2.01. The predicted molar refractivity (Wildman–Crippen MR) is 56.4 cm³/mol. The minimum absolute atomic E-state index is 0.0716. The molecule has 0 fully saturated rings. The van der Waals surface area contributed by atoms with E-state index in [1.54, 1.807) is 0 Å². The second-order valence-corrected chi connectivity index (χ2v) is 3.37. The van der Waals surface area contributed by atoms with Crippen molar-refractivity contribution in [2.24, 2.45) is 0 Å². The maximum Gasteiger partial charge on any atom is 0.323 e. The zero-order valence-corrected chi connectivity index (χ0v) is 8.26. The van der Waals surface area contributed by atoms with E-state index < -0.39 is 0 Å². The number of aromatic amines is 2. The monoisotopic (exact) mass is 205 g/mol. The molecule has 0 aliphatic carbocycles. The van der Waals surface area contributed by atoms with E-state index in [2.05, 4.69) is 15.3 Å². The van der Waals surface area contributed by atoms with Crippen molar-refractivity contribution in [2.75, 3.05) is 0 Å². The van der Waals surface area contributed by atoms with Crippen LogP contribution in [0.2, 0.25) is 0 Å². The Bertz CT molecular complexity index is 553. The van der Waals surface area contributed by atoms with Crippen LogP contribution < -0.4 is 11.0 Å². The average molecular weight is 205 g/mol. The first-order valence-corrected chi connectivity index (χ1v) is 4.60. The number of carbonyl (C=O) groups excluding carboxylic acids is 1. The molecule has 0 saturated heterocycles. The topological polar surface area (TPSA) is 77.8 Å². The quantitative estimate of drug-likeness (QED) is 0.667. The van der Waals surface area contributed by atoms with Crippen molar-refractivity contribution in [3.63, 3.8) is 0 Å². The first-order valence-electron chi connectivity index (χ1n) is 4.60. The number of H-pyrrole nitrogens is 2. The average Bonchev–Trinajstić information content (AvgIpc) is 2.53. The van der Waals surface area contributed by atoms with Crippen LogP contribution in [0.25, 0.3) is 11.0 Å². The van der Waals surface area contributed by atoms with Gasteiger partial charge in [0.15, 0.2) is 0 Å². The molecule has 2 rings (SSSR count). The van der Waals surface area contributed by atoms with E-state index in [1.807, 2.05) is 18.2 Å². The Kier molecular flexibility index (Phi) is 2.29. The van der Waals surface area contributed by atoms with Crippen LogP contribution >= 0.6 is 0 Å². The Balaban J connectivity index is 2.30. The highest BCUT2D eigenvalue weighted by atomic mass is 16.1. The summed E-state index contributed by atoms with van der Waals surface area (Å²) in [6, 6.07) is 5.51. The second kappa shape index (κ2) is 3.61. The zero-order chi connectivity index (χ0) is 10.8. The molecule has 0 aliphatic rings. The molecule has 5 nitrogen and oxygen atoms in total. The molecule has 3 N–H and O–H groups in total. The molecule has 1 aromatic carbocycles. The lowest BCUT2D eigenvalue weighted by atomic mass is 10.2. The number of imidazole rings is 1. The minimum atomic E-state index is -0.221. The van der Waals surface area contributed by atoms with Crippen molar-refractivity contribution in [2.45, 2.75) is 13.5 Å². The number of fused-ring (bicyclic) bond motifs is 1. The molecule has 2 aromatic rings. The molecule has 1 aromatic heterocycles. The van der Waals surface area contributed by atoms with Gasteiger partial charge in [-0.05, 0) is 17.7 Å². The molecule has 78 valence electrons. The predicted octanol–water partition coefficient (Wildman–Crippen LogP) is 0.492. The highest BCUT2D eigenvalue weighted by Gasteiger charge is 2.00. The SMILES string of the molecule is CC(=O)NCc1ccc2[nH]c(=O)[nH]c2c1. The Morgan fingerprint density at radius 2 is 2.07 bits per heavy atom. The number of nitrogens with one attached hydrogen (secondary N) is 3. The smallest absolute Gasteiger partial charge is 0.323 e. The number of amides is 1. The molecule has 0 bridgehead atoms. The van der Waals surface area contributed by atoms with Crippen LogP contribution in [0.5, 0.6) is 0 Å². The van der Waals surface area contributed by atoms with E-state index in [9.17, 15) is 9.59 Å². The molecule has 0 atom stereocenters. The van der Waals surface area contributed by atoms with Crippen molar-refractivity contribution in [3.05, 3.63) is 34.2 Å². The van der Waals surface area contributed by atoms with Gasteiger partial charge in [0.05, 0.1) is 11.0 Å². The summed E-state index contributed by atoms with van der Waals surface area (Å²) in [5, 5.41) is 2.69. The van der Waals surface area contributed by atoms with Crippen LogP contribution in [0.15, 0.2) is 23.0 Å². The number of rotatable bonds is 2.